The second-order valence-electron chi connectivity index (χ2n) is 19.8. The highest BCUT2D eigenvalue weighted by Crippen LogP contribution is 2.47. The molecule has 4 saturated carbocycles. The van der Waals surface area contributed by atoms with Crippen molar-refractivity contribution in [2.24, 2.45) is 17.8 Å². The molecule has 1 aromatic carbocycles. The Morgan fingerprint density at radius 2 is 1.74 bits per heavy atom. The van der Waals surface area contributed by atoms with Crippen LogP contribution in [-0.2, 0) is 40.3 Å². The second kappa shape index (κ2) is 19.0. The molecule has 3 N–H and O–H groups in total. The lowest BCUT2D eigenvalue weighted by molar-refractivity contribution is -0.142. The smallest absolute Gasteiger partial charge is 0.408 e. The van der Waals surface area contributed by atoms with Crippen LogP contribution in [0.25, 0.3) is 10.9 Å². The van der Waals surface area contributed by atoms with Crippen LogP contribution < -0.4 is 24.8 Å². The van der Waals surface area contributed by atoms with Gasteiger partial charge in [-0.3, -0.25) is 24.0 Å². The first kappa shape index (κ1) is 45.7. The zero-order chi connectivity index (χ0) is 45.3. The van der Waals surface area contributed by atoms with Crippen LogP contribution in [0.4, 0.5) is 4.79 Å². The van der Waals surface area contributed by atoms with E-state index in [2.05, 4.69) is 26.8 Å². The number of carbonyl (C=O) groups excluding carboxylic acids is 4. The van der Waals surface area contributed by atoms with Gasteiger partial charge in [-0.15, -0.1) is 6.58 Å². The van der Waals surface area contributed by atoms with Crippen molar-refractivity contribution < 1.29 is 46.5 Å². The average molecular weight is 919 g/mol. The molecule has 4 aliphatic carbocycles. The molecule has 3 aliphatic heterocycles. The van der Waals surface area contributed by atoms with Gasteiger partial charge in [0.15, 0.2) is 0 Å². The third-order valence-corrected chi connectivity index (χ3v) is 17.3. The average Bonchev–Trinajstić information content (AvgIpc) is 4.27. The standard InChI is InChI=1S/C48H66N6O10S/c1-3-33-29-48(33,45(57)52-65(59,60)47(2)19-20-47)51-42(55)38-28-34-30-54(38)44(56)40(31-13-6-4-7-14-31)50-46(58)64-39-27-32(39)15-8-5-9-17-36-41(62-24-12-21-53-22-25-61-26-23-53)35-16-10-11-18-37(35)49-43(36)63-34/h3,10-11,16,18,31-34,38-40H,1,4-9,12-15,17,19-30H2,2H3,(H,50,58)(H,51,55)(H,52,57). The minimum Gasteiger partial charge on any atom is -0.492 e. The molecular formula is C48H66N6O10S. The van der Waals surface area contributed by atoms with E-state index in [1.807, 2.05) is 24.3 Å². The molecule has 2 saturated heterocycles. The zero-order valence-electron chi connectivity index (χ0n) is 37.7. The number of ether oxygens (including phenoxy) is 4. The molecule has 16 nitrogen and oxygen atoms in total. The Bertz CT molecular complexity index is 2240. The van der Waals surface area contributed by atoms with E-state index in [0.717, 1.165) is 120 Å². The summed E-state index contributed by atoms with van der Waals surface area (Å²) in [6.07, 6.45) is 11.3. The summed E-state index contributed by atoms with van der Waals surface area (Å²) in [4.78, 5) is 66.3. The molecule has 7 aliphatic rings. The van der Waals surface area contributed by atoms with Gasteiger partial charge in [-0.2, -0.15) is 0 Å². The molecule has 4 amide bonds. The molecule has 2 aromatic rings. The van der Waals surface area contributed by atoms with Gasteiger partial charge in [0.05, 0.1) is 42.2 Å². The molecule has 0 spiro atoms. The van der Waals surface area contributed by atoms with E-state index in [4.69, 9.17) is 23.9 Å². The summed E-state index contributed by atoms with van der Waals surface area (Å²) in [6.45, 7) is 10.1. The molecule has 6 fully saturated rings. The number of para-hydroxylation sites is 1. The number of aromatic nitrogens is 1. The van der Waals surface area contributed by atoms with Crippen molar-refractivity contribution in [3.8, 4) is 11.6 Å². The quantitative estimate of drug-likeness (QED) is 0.193. The molecule has 354 valence electrons. The topological polar surface area (TPSA) is 195 Å². The summed E-state index contributed by atoms with van der Waals surface area (Å²) < 4.78 is 52.8. The number of nitrogens with one attached hydrogen (secondary N) is 3. The molecule has 2 bridgehead atoms. The molecule has 65 heavy (non-hydrogen) atoms. The largest absolute Gasteiger partial charge is 0.492 e. The normalized spacial score (nSPS) is 30.8. The Morgan fingerprint density at radius 1 is 1.00 bits per heavy atom. The summed E-state index contributed by atoms with van der Waals surface area (Å²) in [6, 6.07) is 5.77. The van der Waals surface area contributed by atoms with Crippen LogP contribution in [0.5, 0.6) is 11.6 Å². The van der Waals surface area contributed by atoms with E-state index >= 15 is 4.79 Å². The third kappa shape index (κ3) is 9.97. The van der Waals surface area contributed by atoms with Crippen LogP contribution in [0, 0.1) is 17.8 Å². The summed E-state index contributed by atoms with van der Waals surface area (Å²) in [5.41, 5.74) is -0.0252. The van der Waals surface area contributed by atoms with Crippen molar-refractivity contribution in [2.75, 3.05) is 46.0 Å². The number of rotatable bonds is 12. The molecule has 4 heterocycles. The van der Waals surface area contributed by atoms with Gasteiger partial charge in [0.25, 0.3) is 5.91 Å². The lowest BCUT2D eigenvalue weighted by Crippen LogP contribution is -2.59. The van der Waals surface area contributed by atoms with Crippen LogP contribution >= 0.6 is 0 Å². The fraction of sp³-hybridized carbons (Fsp3) is 0.688. The lowest BCUT2D eigenvalue weighted by Gasteiger charge is -2.34. The van der Waals surface area contributed by atoms with E-state index in [9.17, 15) is 22.8 Å². The Hall–Kier alpha value is -4.48. The fourth-order valence-corrected chi connectivity index (χ4v) is 11.8. The maximum absolute atomic E-state index is 15.1. The van der Waals surface area contributed by atoms with Gasteiger partial charge >= 0.3 is 6.09 Å². The minimum absolute atomic E-state index is 0.00205. The monoisotopic (exact) mass is 918 g/mol. The first-order valence-corrected chi connectivity index (χ1v) is 25.7. The molecular weight excluding hydrogens is 853 g/mol. The molecule has 7 unspecified atom stereocenters. The number of morpholine rings is 1. The number of fused-ring (bicyclic) bond motifs is 5. The summed E-state index contributed by atoms with van der Waals surface area (Å²) >= 11 is 0. The fourth-order valence-electron chi connectivity index (χ4n) is 10.5. The third-order valence-electron chi connectivity index (χ3n) is 15.2. The number of sulfonamides is 1. The van der Waals surface area contributed by atoms with Gasteiger partial charge in [0.2, 0.25) is 27.7 Å². The van der Waals surface area contributed by atoms with Gasteiger partial charge in [-0.05, 0) is 95.1 Å². The SMILES string of the molecule is C=CC1CC1(NC(=O)C1CC2CN1C(=O)C(C1CCCCC1)NC(=O)OC1CC1CCCCCc1c(nc3ccccc3c1OCCCN1CCOCC1)O2)C(=O)NS(=O)(=O)C1(C)CC1. The lowest BCUT2D eigenvalue weighted by atomic mass is 9.83. The van der Waals surface area contributed by atoms with Gasteiger partial charge < -0.3 is 34.5 Å². The zero-order valence-corrected chi connectivity index (χ0v) is 38.5. The Labute approximate surface area is 382 Å². The van der Waals surface area contributed by atoms with Gasteiger partial charge in [-0.1, -0.05) is 50.3 Å². The van der Waals surface area contributed by atoms with Crippen molar-refractivity contribution in [1.29, 1.82) is 0 Å². The summed E-state index contributed by atoms with van der Waals surface area (Å²) in [5.74, 6) is -1.19. The highest BCUT2D eigenvalue weighted by Gasteiger charge is 2.63. The number of amides is 4. The number of carbonyl (C=O) groups is 4. The number of benzene rings is 1. The number of hydrogen-bond acceptors (Lipinski definition) is 12. The van der Waals surface area contributed by atoms with Crippen LogP contribution in [-0.4, -0.2) is 128 Å². The van der Waals surface area contributed by atoms with Crippen LogP contribution in [0.3, 0.4) is 0 Å². The molecule has 17 heteroatoms. The number of hydrogen-bond donors (Lipinski definition) is 3. The molecule has 7 atom stereocenters. The van der Waals surface area contributed by atoms with Crippen molar-refractivity contribution in [3.63, 3.8) is 0 Å². The Morgan fingerprint density at radius 3 is 2.48 bits per heavy atom. The maximum Gasteiger partial charge on any atom is 0.408 e. The van der Waals surface area contributed by atoms with Crippen molar-refractivity contribution in [1.82, 2.24) is 30.1 Å². The predicted octanol–water partition coefficient (Wildman–Crippen LogP) is 4.92. The van der Waals surface area contributed by atoms with Gasteiger partial charge in [0, 0.05) is 37.4 Å². The predicted molar refractivity (Wildman–Crippen MR) is 242 cm³/mol. The van der Waals surface area contributed by atoms with E-state index in [1.165, 1.54) is 4.90 Å². The van der Waals surface area contributed by atoms with Crippen LogP contribution in [0.2, 0.25) is 0 Å². The summed E-state index contributed by atoms with van der Waals surface area (Å²) in [5, 5.41) is 6.76. The van der Waals surface area contributed by atoms with Crippen molar-refractivity contribution >= 4 is 44.7 Å². The summed E-state index contributed by atoms with van der Waals surface area (Å²) in [7, 11) is -4.01. The van der Waals surface area contributed by atoms with Gasteiger partial charge in [0.1, 0.15) is 35.6 Å². The molecule has 0 radical (unpaired) electrons. The van der Waals surface area contributed by atoms with Crippen molar-refractivity contribution in [3.05, 3.63) is 42.5 Å². The Kier molecular flexibility index (Phi) is 13.4. The van der Waals surface area contributed by atoms with E-state index in [-0.39, 0.29) is 37.3 Å². The minimum atomic E-state index is -4.01. The van der Waals surface area contributed by atoms with E-state index in [0.29, 0.717) is 37.3 Å². The van der Waals surface area contributed by atoms with Gasteiger partial charge in [-0.25, -0.2) is 18.2 Å². The number of alkyl carbamates (subject to hydrolysis) is 1. The molecule has 9 rings (SSSR count). The van der Waals surface area contributed by atoms with E-state index < -0.39 is 68.2 Å². The second-order valence-corrected chi connectivity index (χ2v) is 22.0. The first-order chi connectivity index (χ1) is 31.4. The van der Waals surface area contributed by atoms with Crippen molar-refractivity contribution in [2.45, 2.75) is 144 Å². The highest BCUT2D eigenvalue weighted by molar-refractivity contribution is 7.91. The highest BCUT2D eigenvalue weighted by atomic mass is 32.2. The van der Waals surface area contributed by atoms with Crippen LogP contribution in [0.15, 0.2) is 36.9 Å². The first-order valence-electron chi connectivity index (χ1n) is 24.2. The molecule has 1 aromatic heterocycles. The van der Waals surface area contributed by atoms with Crippen LogP contribution in [0.1, 0.15) is 109 Å². The number of nitrogens with zero attached hydrogens (tertiary/aromatic N) is 3. The Balaban J connectivity index is 1.04. The number of pyridine rings is 1. The maximum atomic E-state index is 15.1. The van der Waals surface area contributed by atoms with E-state index in [1.54, 1.807) is 13.0 Å².